The number of hydrogen-bond acceptors (Lipinski definition) is 5. The van der Waals surface area contributed by atoms with Crippen LogP contribution >= 0.6 is 11.8 Å². The molecule has 2 unspecified atom stereocenters. The van der Waals surface area contributed by atoms with Gasteiger partial charge in [-0.05, 0) is 19.8 Å². The molecular formula is C17H24N2O5S. The molecule has 0 saturated carbocycles. The van der Waals surface area contributed by atoms with Crippen LogP contribution in [0.15, 0.2) is 10.7 Å². The van der Waals surface area contributed by atoms with E-state index in [2.05, 4.69) is 5.32 Å². The predicted molar refractivity (Wildman–Crippen MR) is 94.5 cm³/mol. The summed E-state index contributed by atoms with van der Waals surface area (Å²) in [6.07, 6.45) is 1.02. The van der Waals surface area contributed by atoms with Crippen molar-refractivity contribution in [2.75, 3.05) is 11.6 Å². The molecule has 0 bridgehead atoms. The quantitative estimate of drug-likeness (QED) is 0.795. The van der Waals surface area contributed by atoms with Crippen LogP contribution in [-0.2, 0) is 16.0 Å². The Kier molecular flexibility index (Phi) is 6.16. The van der Waals surface area contributed by atoms with Crippen molar-refractivity contribution in [3.05, 3.63) is 23.2 Å². The molecule has 2 rings (SSSR count). The van der Waals surface area contributed by atoms with Gasteiger partial charge in [0.1, 0.15) is 18.2 Å². The number of nitrogens with one attached hydrogen (secondary N) is 1. The number of hydrogen-bond donors (Lipinski definition) is 2. The summed E-state index contributed by atoms with van der Waals surface area (Å²) in [5.74, 6) is -0.274. The number of aliphatic carboxylic acids is 1. The Balaban J connectivity index is 2.20. The molecule has 1 aromatic heterocycles. The van der Waals surface area contributed by atoms with E-state index in [1.807, 2.05) is 20.8 Å². The third-order valence-electron chi connectivity index (χ3n) is 4.39. The van der Waals surface area contributed by atoms with Crippen LogP contribution in [0.4, 0.5) is 0 Å². The fourth-order valence-electron chi connectivity index (χ4n) is 2.54. The Morgan fingerprint density at radius 2 is 2.08 bits per heavy atom. The van der Waals surface area contributed by atoms with Crippen LogP contribution in [0, 0.1) is 12.8 Å². The molecule has 1 aliphatic rings. The summed E-state index contributed by atoms with van der Waals surface area (Å²) in [5, 5.41) is 11.9. The van der Waals surface area contributed by atoms with Crippen LogP contribution in [0.25, 0.3) is 0 Å². The summed E-state index contributed by atoms with van der Waals surface area (Å²) in [4.78, 5) is 38.0. The molecule has 2 atom stereocenters. The third kappa shape index (κ3) is 4.36. The van der Waals surface area contributed by atoms with Gasteiger partial charge < -0.3 is 19.7 Å². The molecule has 8 heteroatoms. The average Bonchev–Trinajstić information content (AvgIpc) is 3.13. The lowest BCUT2D eigenvalue weighted by Crippen LogP contribution is -2.50. The predicted octanol–water partition coefficient (Wildman–Crippen LogP) is 1.89. The van der Waals surface area contributed by atoms with Gasteiger partial charge in [0.05, 0.1) is 17.7 Å². The molecule has 1 aromatic rings. The van der Waals surface area contributed by atoms with Crippen molar-refractivity contribution in [1.82, 2.24) is 10.2 Å². The summed E-state index contributed by atoms with van der Waals surface area (Å²) in [5.41, 5.74) is 0.826. The van der Waals surface area contributed by atoms with Gasteiger partial charge in [-0.15, -0.1) is 11.8 Å². The molecule has 2 N–H and O–H groups in total. The van der Waals surface area contributed by atoms with E-state index < -0.39 is 12.0 Å². The van der Waals surface area contributed by atoms with Crippen molar-refractivity contribution in [2.24, 2.45) is 5.92 Å². The van der Waals surface area contributed by atoms with E-state index in [4.69, 9.17) is 9.52 Å². The number of amides is 2. The van der Waals surface area contributed by atoms with E-state index in [1.165, 1.54) is 22.9 Å². The number of aryl methyl sites for hydroxylation is 1. The number of thioether (sulfide) groups is 1. The van der Waals surface area contributed by atoms with E-state index >= 15 is 0 Å². The first kappa shape index (κ1) is 19.4. The van der Waals surface area contributed by atoms with Gasteiger partial charge in [-0.25, -0.2) is 0 Å². The number of carbonyl (C=O) groups is 3. The lowest BCUT2D eigenvalue weighted by atomic mass is 10.1. The van der Waals surface area contributed by atoms with Crippen molar-refractivity contribution in [2.45, 2.75) is 46.2 Å². The number of carboxylic acids is 1. The standard InChI is InChI=1S/C17H24N2O5S/c1-9(2)11(4)18-16(22)12-7-25-8-19(12)17(23)15-10(3)6-24-13(15)5-14(20)21/h6,9,11-12H,5,7-8H2,1-4H3,(H,18,22)(H,20,21). The summed E-state index contributed by atoms with van der Waals surface area (Å²) >= 11 is 1.50. The monoisotopic (exact) mass is 368 g/mol. The molecule has 0 aliphatic carbocycles. The molecule has 1 aliphatic heterocycles. The molecule has 138 valence electrons. The largest absolute Gasteiger partial charge is 0.481 e. The fourth-order valence-corrected chi connectivity index (χ4v) is 3.70. The van der Waals surface area contributed by atoms with E-state index in [1.54, 1.807) is 6.92 Å². The molecule has 25 heavy (non-hydrogen) atoms. The minimum absolute atomic E-state index is 0.00767. The normalized spacial score (nSPS) is 18.4. The summed E-state index contributed by atoms with van der Waals surface area (Å²) in [7, 11) is 0. The van der Waals surface area contributed by atoms with Crippen LogP contribution in [0.5, 0.6) is 0 Å². The molecule has 1 saturated heterocycles. The highest BCUT2D eigenvalue weighted by Gasteiger charge is 2.37. The van der Waals surface area contributed by atoms with Crippen molar-refractivity contribution in [1.29, 1.82) is 0 Å². The van der Waals surface area contributed by atoms with Crippen LogP contribution in [0.2, 0.25) is 0 Å². The third-order valence-corrected chi connectivity index (χ3v) is 5.40. The molecule has 0 radical (unpaired) electrons. The number of carboxylic acid groups (broad SMARTS) is 1. The second-order valence-electron chi connectivity index (χ2n) is 6.62. The van der Waals surface area contributed by atoms with Crippen LogP contribution < -0.4 is 5.32 Å². The highest BCUT2D eigenvalue weighted by atomic mass is 32.2. The van der Waals surface area contributed by atoms with Crippen molar-refractivity contribution >= 4 is 29.5 Å². The molecule has 7 nitrogen and oxygen atoms in total. The Hall–Kier alpha value is -1.96. The van der Waals surface area contributed by atoms with E-state index in [0.717, 1.165) is 0 Å². The zero-order valence-electron chi connectivity index (χ0n) is 14.9. The molecule has 2 amide bonds. The highest BCUT2D eigenvalue weighted by molar-refractivity contribution is 7.99. The van der Waals surface area contributed by atoms with Gasteiger partial charge in [0.15, 0.2) is 0 Å². The number of nitrogens with zero attached hydrogens (tertiary/aromatic N) is 1. The number of rotatable bonds is 6. The number of carbonyl (C=O) groups excluding carboxylic acids is 2. The van der Waals surface area contributed by atoms with Gasteiger partial charge in [-0.3, -0.25) is 14.4 Å². The molecule has 2 heterocycles. The van der Waals surface area contributed by atoms with Crippen molar-refractivity contribution in [3.63, 3.8) is 0 Å². The average molecular weight is 368 g/mol. The summed E-state index contributed by atoms with van der Waals surface area (Å²) in [6, 6.07) is -0.557. The van der Waals surface area contributed by atoms with Gasteiger partial charge >= 0.3 is 5.97 Å². The van der Waals surface area contributed by atoms with Gasteiger partial charge in [0.25, 0.3) is 5.91 Å². The minimum Gasteiger partial charge on any atom is -0.481 e. The minimum atomic E-state index is -1.07. The molecule has 0 spiro atoms. The number of furan rings is 1. The summed E-state index contributed by atoms with van der Waals surface area (Å²) in [6.45, 7) is 7.66. The lowest BCUT2D eigenvalue weighted by molar-refractivity contribution is -0.136. The highest BCUT2D eigenvalue weighted by Crippen LogP contribution is 2.27. The lowest BCUT2D eigenvalue weighted by Gasteiger charge is -2.26. The second kappa shape index (κ2) is 7.95. The van der Waals surface area contributed by atoms with E-state index in [-0.39, 0.29) is 35.6 Å². The first-order chi connectivity index (χ1) is 11.7. The van der Waals surface area contributed by atoms with Gasteiger partial charge in [-0.1, -0.05) is 13.8 Å². The maximum atomic E-state index is 12.9. The zero-order valence-corrected chi connectivity index (χ0v) is 15.7. The van der Waals surface area contributed by atoms with Crippen LogP contribution in [0.3, 0.4) is 0 Å². The van der Waals surface area contributed by atoms with Crippen LogP contribution in [-0.4, -0.2) is 51.5 Å². The van der Waals surface area contributed by atoms with Gasteiger partial charge in [-0.2, -0.15) is 0 Å². The smallest absolute Gasteiger partial charge is 0.311 e. The van der Waals surface area contributed by atoms with Crippen molar-refractivity contribution in [3.8, 4) is 0 Å². The topological polar surface area (TPSA) is 99.8 Å². The molecule has 1 fully saturated rings. The Morgan fingerprint density at radius 1 is 1.40 bits per heavy atom. The first-order valence-electron chi connectivity index (χ1n) is 8.20. The SMILES string of the molecule is Cc1coc(CC(=O)O)c1C(=O)N1CSCC1C(=O)NC(C)C(C)C. The maximum Gasteiger partial charge on any atom is 0.311 e. The van der Waals surface area contributed by atoms with E-state index in [9.17, 15) is 14.4 Å². The van der Waals surface area contributed by atoms with E-state index in [0.29, 0.717) is 23.1 Å². The first-order valence-corrected chi connectivity index (χ1v) is 9.35. The summed E-state index contributed by atoms with van der Waals surface area (Å²) < 4.78 is 5.24. The van der Waals surface area contributed by atoms with Gasteiger partial charge in [0.2, 0.25) is 5.91 Å². The maximum absolute atomic E-state index is 12.9. The van der Waals surface area contributed by atoms with Gasteiger partial charge in [0, 0.05) is 17.4 Å². The van der Waals surface area contributed by atoms with Crippen LogP contribution in [0.1, 0.15) is 42.5 Å². The fraction of sp³-hybridized carbons (Fsp3) is 0.588. The Labute approximate surface area is 151 Å². The second-order valence-corrected chi connectivity index (χ2v) is 7.62. The molecular weight excluding hydrogens is 344 g/mol. The Bertz CT molecular complexity index is 670. The Morgan fingerprint density at radius 3 is 2.68 bits per heavy atom. The molecule has 0 aromatic carbocycles. The van der Waals surface area contributed by atoms with Crippen molar-refractivity contribution < 1.29 is 23.9 Å². The zero-order chi connectivity index (χ0) is 18.7.